The highest BCUT2D eigenvalue weighted by molar-refractivity contribution is 5.90. The van der Waals surface area contributed by atoms with Crippen molar-refractivity contribution >= 4 is 11.6 Å². The van der Waals surface area contributed by atoms with Crippen LogP contribution in [0.3, 0.4) is 0 Å². The van der Waals surface area contributed by atoms with Gasteiger partial charge in [0.25, 0.3) is 0 Å². The second kappa shape index (κ2) is 7.75. The van der Waals surface area contributed by atoms with Crippen LogP contribution >= 0.6 is 0 Å². The topological polar surface area (TPSA) is 52.6 Å². The highest BCUT2D eigenvalue weighted by Crippen LogP contribution is 2.24. The first kappa shape index (κ1) is 17.0. The number of hydrogen-bond acceptors (Lipinski definition) is 3. The van der Waals surface area contributed by atoms with Gasteiger partial charge in [0, 0.05) is 31.7 Å². The molecular formula is C18H28N2O2. The van der Waals surface area contributed by atoms with Gasteiger partial charge >= 0.3 is 0 Å². The van der Waals surface area contributed by atoms with E-state index in [1.807, 2.05) is 31.2 Å². The Hall–Kier alpha value is -1.39. The normalized spacial score (nSPS) is 24.0. The lowest BCUT2D eigenvalue weighted by Crippen LogP contribution is -2.40. The van der Waals surface area contributed by atoms with E-state index in [1.54, 1.807) is 0 Å². The summed E-state index contributed by atoms with van der Waals surface area (Å²) in [6, 6.07) is 7.50. The number of piperidine rings is 1. The van der Waals surface area contributed by atoms with Crippen LogP contribution in [0.5, 0.6) is 0 Å². The zero-order valence-corrected chi connectivity index (χ0v) is 13.9. The third-order valence-electron chi connectivity index (χ3n) is 4.28. The van der Waals surface area contributed by atoms with Crippen LogP contribution in [-0.2, 0) is 4.79 Å². The zero-order chi connectivity index (χ0) is 16.1. The molecule has 1 aliphatic heterocycles. The standard InChI is InChI=1S/C18H28N2O2/c1-4-18(22)19-16-7-5-15(6-8-16)17(21)12-20-10-13(2)9-14(3)11-20/h5-8,13-14,17,21H,4,9-12H2,1-3H3,(H,19,22). The molecule has 1 aromatic rings. The zero-order valence-electron chi connectivity index (χ0n) is 13.9. The summed E-state index contributed by atoms with van der Waals surface area (Å²) in [6.07, 6.45) is 1.27. The number of anilines is 1. The number of nitrogens with zero attached hydrogens (tertiary/aromatic N) is 1. The molecule has 1 heterocycles. The molecule has 122 valence electrons. The van der Waals surface area contributed by atoms with E-state index in [1.165, 1.54) is 6.42 Å². The molecule has 1 aliphatic rings. The van der Waals surface area contributed by atoms with Gasteiger partial charge in [-0.25, -0.2) is 0 Å². The highest BCUT2D eigenvalue weighted by Gasteiger charge is 2.23. The minimum atomic E-state index is -0.478. The number of aliphatic hydroxyl groups is 1. The van der Waals surface area contributed by atoms with E-state index in [-0.39, 0.29) is 5.91 Å². The number of amides is 1. The molecule has 3 unspecified atom stereocenters. The van der Waals surface area contributed by atoms with Crippen molar-refractivity contribution in [3.8, 4) is 0 Å². The van der Waals surface area contributed by atoms with Crippen molar-refractivity contribution in [3.63, 3.8) is 0 Å². The monoisotopic (exact) mass is 304 g/mol. The molecular weight excluding hydrogens is 276 g/mol. The minimum absolute atomic E-state index is 0.00425. The third-order valence-corrected chi connectivity index (χ3v) is 4.28. The van der Waals surface area contributed by atoms with E-state index in [2.05, 4.69) is 24.1 Å². The molecule has 1 fully saturated rings. The third kappa shape index (κ3) is 4.82. The van der Waals surface area contributed by atoms with Gasteiger partial charge in [-0.1, -0.05) is 32.9 Å². The van der Waals surface area contributed by atoms with Crippen molar-refractivity contribution in [1.29, 1.82) is 0 Å². The van der Waals surface area contributed by atoms with Gasteiger partial charge in [0.1, 0.15) is 0 Å². The molecule has 0 radical (unpaired) electrons. The summed E-state index contributed by atoms with van der Waals surface area (Å²) in [6.45, 7) is 9.18. The second-order valence-electron chi connectivity index (χ2n) is 6.70. The van der Waals surface area contributed by atoms with E-state index in [9.17, 15) is 9.90 Å². The van der Waals surface area contributed by atoms with Crippen LogP contribution in [0.2, 0.25) is 0 Å². The number of β-amino-alcohol motifs (C(OH)–C–C–N with tert-alkyl or cyclic N) is 1. The van der Waals surface area contributed by atoms with E-state index in [4.69, 9.17) is 0 Å². The number of hydrogen-bond donors (Lipinski definition) is 2. The van der Waals surface area contributed by atoms with Crippen molar-refractivity contribution < 1.29 is 9.90 Å². The summed E-state index contributed by atoms with van der Waals surface area (Å²) in [5.74, 6) is 1.40. The lowest BCUT2D eigenvalue weighted by atomic mass is 9.91. The Morgan fingerprint density at radius 3 is 2.41 bits per heavy atom. The van der Waals surface area contributed by atoms with Crippen LogP contribution in [0.1, 0.15) is 45.3 Å². The molecule has 0 aromatic heterocycles. The van der Waals surface area contributed by atoms with Crippen molar-refractivity contribution in [1.82, 2.24) is 4.90 Å². The van der Waals surface area contributed by atoms with Crippen LogP contribution in [-0.4, -0.2) is 35.5 Å². The summed E-state index contributed by atoms with van der Waals surface area (Å²) in [4.78, 5) is 13.7. The maximum Gasteiger partial charge on any atom is 0.224 e. The smallest absolute Gasteiger partial charge is 0.224 e. The molecule has 4 nitrogen and oxygen atoms in total. The van der Waals surface area contributed by atoms with E-state index >= 15 is 0 Å². The van der Waals surface area contributed by atoms with Crippen LogP contribution in [0.15, 0.2) is 24.3 Å². The first-order valence-electron chi connectivity index (χ1n) is 8.28. The van der Waals surface area contributed by atoms with Crippen LogP contribution in [0.4, 0.5) is 5.69 Å². The highest BCUT2D eigenvalue weighted by atomic mass is 16.3. The number of carbonyl (C=O) groups excluding carboxylic acids is 1. The van der Waals surface area contributed by atoms with E-state index in [0.717, 1.165) is 24.3 Å². The second-order valence-corrected chi connectivity index (χ2v) is 6.70. The van der Waals surface area contributed by atoms with Crippen molar-refractivity contribution in [2.45, 2.75) is 39.7 Å². The van der Waals surface area contributed by atoms with Gasteiger partial charge in [0.2, 0.25) is 5.91 Å². The summed E-state index contributed by atoms with van der Waals surface area (Å²) in [5.41, 5.74) is 1.68. The molecule has 2 rings (SSSR count). The Kier molecular flexibility index (Phi) is 5.98. The molecule has 3 atom stereocenters. The van der Waals surface area contributed by atoms with Gasteiger partial charge in [0.05, 0.1) is 6.10 Å². The number of benzene rings is 1. The Bertz CT molecular complexity index is 476. The first-order valence-corrected chi connectivity index (χ1v) is 8.28. The van der Waals surface area contributed by atoms with Gasteiger partial charge < -0.3 is 10.4 Å². The SMILES string of the molecule is CCC(=O)Nc1ccc(C(O)CN2CC(C)CC(C)C2)cc1. The molecule has 1 amide bonds. The fourth-order valence-electron chi connectivity index (χ4n) is 3.33. The molecule has 1 aromatic carbocycles. The number of likely N-dealkylation sites (tertiary alicyclic amines) is 1. The molecule has 0 aliphatic carbocycles. The average molecular weight is 304 g/mol. The van der Waals surface area contributed by atoms with E-state index < -0.39 is 6.10 Å². The van der Waals surface area contributed by atoms with Crippen molar-refractivity contribution in [2.75, 3.05) is 25.0 Å². The lowest BCUT2D eigenvalue weighted by molar-refractivity contribution is -0.115. The summed E-state index contributed by atoms with van der Waals surface area (Å²) in [7, 11) is 0. The molecule has 0 spiro atoms. The number of carbonyl (C=O) groups is 1. The van der Waals surface area contributed by atoms with Gasteiger partial charge in [0.15, 0.2) is 0 Å². The fourth-order valence-corrected chi connectivity index (χ4v) is 3.33. The maximum atomic E-state index is 11.4. The molecule has 1 saturated heterocycles. The Labute approximate surface area is 133 Å². The Morgan fingerprint density at radius 2 is 1.86 bits per heavy atom. The summed E-state index contributed by atoms with van der Waals surface area (Å²) in [5, 5.41) is 13.3. The van der Waals surface area contributed by atoms with Crippen molar-refractivity contribution in [3.05, 3.63) is 29.8 Å². The van der Waals surface area contributed by atoms with Gasteiger partial charge in [-0.2, -0.15) is 0 Å². The minimum Gasteiger partial charge on any atom is -0.387 e. The predicted octanol–water partition coefficient (Wildman–Crippen LogP) is 3.05. The van der Waals surface area contributed by atoms with Gasteiger partial charge in [-0.15, -0.1) is 0 Å². The van der Waals surface area contributed by atoms with Crippen LogP contribution in [0.25, 0.3) is 0 Å². The lowest BCUT2D eigenvalue weighted by Gasteiger charge is -2.36. The number of rotatable bonds is 5. The average Bonchev–Trinajstić information content (AvgIpc) is 2.46. The number of aliphatic hydroxyl groups excluding tert-OH is 1. The van der Waals surface area contributed by atoms with Crippen LogP contribution in [0, 0.1) is 11.8 Å². The molecule has 22 heavy (non-hydrogen) atoms. The number of nitrogens with one attached hydrogen (secondary N) is 1. The van der Waals surface area contributed by atoms with Crippen molar-refractivity contribution in [2.24, 2.45) is 11.8 Å². The van der Waals surface area contributed by atoms with E-state index in [0.29, 0.717) is 24.8 Å². The van der Waals surface area contributed by atoms with Crippen LogP contribution < -0.4 is 5.32 Å². The summed E-state index contributed by atoms with van der Waals surface area (Å²) >= 11 is 0. The molecule has 4 heteroatoms. The van der Waals surface area contributed by atoms with Gasteiger partial charge in [-0.05, 0) is 36.0 Å². The summed E-state index contributed by atoms with van der Waals surface area (Å²) < 4.78 is 0. The maximum absolute atomic E-state index is 11.4. The molecule has 0 bridgehead atoms. The largest absolute Gasteiger partial charge is 0.387 e. The van der Waals surface area contributed by atoms with Gasteiger partial charge in [-0.3, -0.25) is 9.69 Å². The predicted molar refractivity (Wildman–Crippen MR) is 89.7 cm³/mol. The Morgan fingerprint density at radius 1 is 1.27 bits per heavy atom. The first-order chi connectivity index (χ1) is 10.5. The quantitative estimate of drug-likeness (QED) is 0.879. The molecule has 2 N–H and O–H groups in total. The Balaban J connectivity index is 1.92. The fraction of sp³-hybridized carbons (Fsp3) is 0.611. The molecule has 0 saturated carbocycles.